The Morgan fingerprint density at radius 2 is 2.20 bits per heavy atom. The quantitative estimate of drug-likeness (QED) is 0.841. The summed E-state index contributed by atoms with van der Waals surface area (Å²) in [4.78, 5) is 0. The Morgan fingerprint density at radius 1 is 1.35 bits per heavy atom. The van der Waals surface area contributed by atoms with Gasteiger partial charge >= 0.3 is 0 Å². The normalized spacial score (nSPS) is 10.8. The van der Waals surface area contributed by atoms with Crippen molar-refractivity contribution in [3.8, 4) is 5.75 Å². The van der Waals surface area contributed by atoms with Crippen LogP contribution in [0, 0.1) is 0 Å². The monoisotopic (exact) mass is 275 g/mol. The minimum Gasteiger partial charge on any atom is -0.491 e. The van der Waals surface area contributed by atoms with Gasteiger partial charge in [0.1, 0.15) is 5.75 Å². The van der Waals surface area contributed by atoms with Crippen LogP contribution in [-0.2, 0) is 13.1 Å². The smallest absolute Gasteiger partial charge is 0.243 e. The van der Waals surface area contributed by atoms with E-state index >= 15 is 0 Å². The largest absolute Gasteiger partial charge is 0.491 e. The van der Waals surface area contributed by atoms with Gasteiger partial charge in [-0.15, -0.1) is 0 Å². The SMILES string of the molecule is CCCn1nnnc1NCc1cccc(OC(C)C)c1. The van der Waals surface area contributed by atoms with Gasteiger partial charge in [-0.2, -0.15) is 0 Å². The Kier molecular flexibility index (Phi) is 4.92. The van der Waals surface area contributed by atoms with Crippen molar-refractivity contribution in [2.75, 3.05) is 5.32 Å². The lowest BCUT2D eigenvalue weighted by Crippen LogP contribution is -2.09. The molecule has 20 heavy (non-hydrogen) atoms. The third-order valence-corrected chi connectivity index (χ3v) is 2.69. The van der Waals surface area contributed by atoms with Gasteiger partial charge in [-0.05, 0) is 48.4 Å². The van der Waals surface area contributed by atoms with Crippen molar-refractivity contribution in [3.63, 3.8) is 0 Å². The lowest BCUT2D eigenvalue weighted by molar-refractivity contribution is 0.242. The van der Waals surface area contributed by atoms with Crippen LogP contribution in [0.3, 0.4) is 0 Å². The van der Waals surface area contributed by atoms with Gasteiger partial charge in [-0.3, -0.25) is 0 Å². The van der Waals surface area contributed by atoms with Gasteiger partial charge in [-0.1, -0.05) is 24.2 Å². The van der Waals surface area contributed by atoms with E-state index in [1.807, 2.05) is 38.1 Å². The minimum atomic E-state index is 0.176. The zero-order valence-electron chi connectivity index (χ0n) is 12.2. The van der Waals surface area contributed by atoms with Gasteiger partial charge in [-0.25, -0.2) is 4.68 Å². The molecule has 0 bridgehead atoms. The lowest BCUT2D eigenvalue weighted by atomic mass is 10.2. The first-order chi connectivity index (χ1) is 9.69. The first-order valence-corrected chi connectivity index (χ1v) is 6.94. The van der Waals surface area contributed by atoms with Gasteiger partial charge in [0.2, 0.25) is 5.95 Å². The number of hydrogen-bond donors (Lipinski definition) is 1. The fourth-order valence-corrected chi connectivity index (χ4v) is 1.88. The molecule has 1 aromatic carbocycles. The average molecular weight is 275 g/mol. The molecule has 6 heteroatoms. The van der Waals surface area contributed by atoms with Gasteiger partial charge in [0.05, 0.1) is 6.10 Å². The number of aromatic nitrogens is 4. The molecule has 1 heterocycles. The molecule has 0 aliphatic rings. The molecule has 0 radical (unpaired) electrons. The summed E-state index contributed by atoms with van der Waals surface area (Å²) in [5.74, 6) is 1.58. The Bertz CT molecular complexity index is 538. The number of tetrazole rings is 1. The van der Waals surface area contributed by atoms with Crippen molar-refractivity contribution in [1.82, 2.24) is 20.2 Å². The zero-order chi connectivity index (χ0) is 14.4. The van der Waals surface area contributed by atoms with E-state index in [4.69, 9.17) is 4.74 Å². The third kappa shape index (κ3) is 3.94. The molecule has 1 N–H and O–H groups in total. The molecule has 0 saturated carbocycles. The zero-order valence-corrected chi connectivity index (χ0v) is 12.2. The van der Waals surface area contributed by atoms with E-state index in [2.05, 4.69) is 27.8 Å². The van der Waals surface area contributed by atoms with E-state index in [-0.39, 0.29) is 6.10 Å². The summed E-state index contributed by atoms with van der Waals surface area (Å²) < 4.78 is 7.45. The molecule has 0 aliphatic heterocycles. The first-order valence-electron chi connectivity index (χ1n) is 6.94. The highest BCUT2D eigenvalue weighted by molar-refractivity contribution is 5.32. The first kappa shape index (κ1) is 14.3. The number of rotatable bonds is 7. The Labute approximate surface area is 119 Å². The van der Waals surface area contributed by atoms with Crippen LogP contribution in [0.25, 0.3) is 0 Å². The van der Waals surface area contributed by atoms with Crippen molar-refractivity contribution in [2.45, 2.75) is 46.4 Å². The highest BCUT2D eigenvalue weighted by Crippen LogP contribution is 2.15. The molecule has 0 amide bonds. The van der Waals surface area contributed by atoms with Crippen molar-refractivity contribution in [1.29, 1.82) is 0 Å². The van der Waals surface area contributed by atoms with E-state index in [0.717, 1.165) is 24.3 Å². The standard InChI is InChI=1S/C14H21N5O/c1-4-8-19-14(16-17-18-19)15-10-12-6-5-7-13(9-12)20-11(2)3/h5-7,9,11H,4,8,10H2,1-3H3,(H,15,16,18). The number of nitrogens with zero attached hydrogens (tertiary/aromatic N) is 4. The van der Waals surface area contributed by atoms with Crippen molar-refractivity contribution in [2.24, 2.45) is 0 Å². The average Bonchev–Trinajstić information content (AvgIpc) is 2.84. The van der Waals surface area contributed by atoms with Crippen LogP contribution in [0.15, 0.2) is 24.3 Å². The van der Waals surface area contributed by atoms with Crippen molar-refractivity contribution in [3.05, 3.63) is 29.8 Å². The molecule has 1 aromatic heterocycles. The molecule has 2 rings (SSSR count). The van der Waals surface area contributed by atoms with Crippen LogP contribution in [0.2, 0.25) is 0 Å². The Hall–Kier alpha value is -2.11. The van der Waals surface area contributed by atoms with Gasteiger partial charge in [0.15, 0.2) is 0 Å². The maximum absolute atomic E-state index is 5.68. The molecule has 0 fully saturated rings. The summed E-state index contributed by atoms with van der Waals surface area (Å²) in [6.07, 6.45) is 1.17. The van der Waals surface area contributed by atoms with E-state index in [9.17, 15) is 0 Å². The molecule has 0 atom stereocenters. The number of aryl methyl sites for hydroxylation is 1. The fourth-order valence-electron chi connectivity index (χ4n) is 1.88. The van der Waals surface area contributed by atoms with Crippen LogP contribution in [0.4, 0.5) is 5.95 Å². The second-order valence-electron chi connectivity index (χ2n) is 4.89. The van der Waals surface area contributed by atoms with Crippen molar-refractivity contribution < 1.29 is 4.74 Å². The minimum absolute atomic E-state index is 0.176. The second kappa shape index (κ2) is 6.88. The summed E-state index contributed by atoms with van der Waals surface area (Å²) in [5.41, 5.74) is 1.13. The number of ether oxygens (including phenoxy) is 1. The number of anilines is 1. The van der Waals surface area contributed by atoms with Crippen LogP contribution in [0.5, 0.6) is 5.75 Å². The van der Waals surface area contributed by atoms with Gasteiger partial charge in [0.25, 0.3) is 0 Å². The Balaban J connectivity index is 1.98. The molecule has 0 saturated heterocycles. The maximum Gasteiger partial charge on any atom is 0.243 e. The van der Waals surface area contributed by atoms with E-state index in [1.54, 1.807) is 4.68 Å². The van der Waals surface area contributed by atoms with E-state index in [1.165, 1.54) is 0 Å². The third-order valence-electron chi connectivity index (χ3n) is 2.69. The molecule has 0 spiro atoms. The lowest BCUT2D eigenvalue weighted by Gasteiger charge is -2.11. The predicted octanol–water partition coefficient (Wildman–Crippen LogP) is 2.48. The summed E-state index contributed by atoms with van der Waals surface area (Å²) >= 11 is 0. The number of benzene rings is 1. The summed E-state index contributed by atoms with van der Waals surface area (Å²) in [5, 5.41) is 14.9. The highest BCUT2D eigenvalue weighted by atomic mass is 16.5. The van der Waals surface area contributed by atoms with Crippen LogP contribution in [-0.4, -0.2) is 26.3 Å². The van der Waals surface area contributed by atoms with Crippen molar-refractivity contribution >= 4 is 5.95 Å². The molecule has 6 nitrogen and oxygen atoms in total. The molecular formula is C14H21N5O. The molecule has 0 unspecified atom stereocenters. The van der Waals surface area contributed by atoms with E-state index in [0.29, 0.717) is 12.5 Å². The van der Waals surface area contributed by atoms with Crippen LogP contribution < -0.4 is 10.1 Å². The second-order valence-corrected chi connectivity index (χ2v) is 4.89. The summed E-state index contributed by atoms with van der Waals surface area (Å²) in [6.45, 7) is 7.61. The van der Waals surface area contributed by atoms with Crippen LogP contribution >= 0.6 is 0 Å². The summed E-state index contributed by atoms with van der Waals surface area (Å²) in [7, 11) is 0. The fraction of sp³-hybridized carbons (Fsp3) is 0.500. The summed E-state index contributed by atoms with van der Waals surface area (Å²) in [6, 6.07) is 8.03. The molecule has 0 aliphatic carbocycles. The topological polar surface area (TPSA) is 64.9 Å². The number of nitrogens with one attached hydrogen (secondary N) is 1. The maximum atomic E-state index is 5.68. The number of hydrogen-bond acceptors (Lipinski definition) is 5. The molecule has 2 aromatic rings. The van der Waals surface area contributed by atoms with Gasteiger partial charge < -0.3 is 10.1 Å². The van der Waals surface area contributed by atoms with E-state index < -0.39 is 0 Å². The van der Waals surface area contributed by atoms with Gasteiger partial charge in [0, 0.05) is 13.1 Å². The molecule has 108 valence electrons. The van der Waals surface area contributed by atoms with Crippen LogP contribution in [0.1, 0.15) is 32.8 Å². The highest BCUT2D eigenvalue weighted by Gasteiger charge is 2.05. The Morgan fingerprint density at radius 3 is 2.95 bits per heavy atom. The molecular weight excluding hydrogens is 254 g/mol. The predicted molar refractivity (Wildman–Crippen MR) is 77.6 cm³/mol.